The Labute approximate surface area is 314 Å². The first-order valence-corrected chi connectivity index (χ1v) is 27.8. The fourth-order valence-electron chi connectivity index (χ4n) is 5.91. The number of halogens is 1. The van der Waals surface area contributed by atoms with E-state index in [1.54, 1.807) is 35.7 Å². The van der Waals surface area contributed by atoms with Crippen molar-refractivity contribution in [3.05, 3.63) is 139 Å². The van der Waals surface area contributed by atoms with E-state index in [2.05, 4.69) is 90.3 Å². The second-order valence-electron chi connectivity index (χ2n) is 14.1. The minimum Gasteiger partial charge on any atom is 0 e. The van der Waals surface area contributed by atoms with Crippen molar-refractivity contribution in [1.82, 2.24) is 9.97 Å². The summed E-state index contributed by atoms with van der Waals surface area (Å²) in [5.74, 6) is 6.04. The molecule has 0 fully saturated rings. The van der Waals surface area contributed by atoms with E-state index in [0.717, 1.165) is 48.3 Å². The molecule has 0 saturated carbocycles. The van der Waals surface area contributed by atoms with E-state index < -0.39 is 26.5 Å². The third-order valence-electron chi connectivity index (χ3n) is 8.06. The van der Waals surface area contributed by atoms with Crippen LogP contribution in [0.2, 0.25) is 36.9 Å². The van der Waals surface area contributed by atoms with Crippen molar-refractivity contribution in [3.63, 3.8) is 0 Å². The number of hydrogen-bond acceptors (Lipinski definition) is 3. The molecule has 0 aliphatic carbocycles. The van der Waals surface area contributed by atoms with Gasteiger partial charge in [0, 0.05) is 26.3 Å². The van der Waals surface area contributed by atoms with E-state index >= 15 is 0 Å². The number of aryl methyl sites for hydroxylation is 1. The van der Waals surface area contributed by atoms with E-state index in [1.807, 2.05) is 54.6 Å². The van der Waals surface area contributed by atoms with Crippen molar-refractivity contribution in [1.29, 1.82) is 0 Å². The maximum Gasteiger partial charge on any atom is 0 e. The van der Waals surface area contributed by atoms with E-state index in [0.29, 0.717) is 11.1 Å². The number of aromatic nitrogens is 2. The monoisotopic (exact) mass is 921 g/mol. The number of benzene rings is 4. The second-order valence-corrected chi connectivity index (χ2v) is 30.2. The summed E-state index contributed by atoms with van der Waals surface area (Å²) in [6.45, 7) is 9.24. The first-order chi connectivity index (χ1) is 23.6. The van der Waals surface area contributed by atoms with Crippen LogP contribution in [-0.4, -0.2) is 31.3 Å². The Balaban J connectivity index is 0.000000237. The molecule has 0 bridgehead atoms. The van der Waals surface area contributed by atoms with Crippen LogP contribution < -0.4 is 5.19 Å². The average molecular weight is 920 g/mol. The molecule has 7 rings (SSSR count). The summed E-state index contributed by atoms with van der Waals surface area (Å²) in [5.41, 5.74) is 7.17. The largest absolute Gasteiger partial charge is 0 e. The van der Waals surface area contributed by atoms with Gasteiger partial charge in [0.25, 0.3) is 0 Å². The first-order valence-electron chi connectivity index (χ1n) is 17.2. The number of hydrogen-bond donors (Lipinski definition) is 0. The Kier molecular flexibility index (Phi) is 10.7. The van der Waals surface area contributed by atoms with Crippen molar-refractivity contribution >= 4 is 58.0 Å². The van der Waals surface area contributed by atoms with Gasteiger partial charge in [0.05, 0.1) is 8.07 Å². The summed E-state index contributed by atoms with van der Waals surface area (Å²) in [7, 11) is -1.27. The number of thiophene rings is 1. The second kappa shape index (κ2) is 15.3. The van der Waals surface area contributed by atoms with Crippen LogP contribution in [0, 0.1) is 24.9 Å². The van der Waals surface area contributed by atoms with Gasteiger partial charge in [0.15, 0.2) is 0 Å². The van der Waals surface area contributed by atoms with Crippen LogP contribution in [0.4, 0.5) is 4.39 Å². The molecule has 3 aromatic heterocycles. The van der Waals surface area contributed by atoms with Gasteiger partial charge in [-0.2, -0.15) is 0 Å². The zero-order valence-corrected chi connectivity index (χ0v) is 35.2. The molecule has 251 valence electrons. The van der Waals surface area contributed by atoms with Gasteiger partial charge in [-0.05, 0) is 23.9 Å². The SMILES string of the molecule is Cc1cc(-c2[c-]cccc2)ncc1[Si](C)(C)C.[2H][C]([2H])(c1ccnc(-c2[c-]ccc3c2sc2cc(-c4ccccc4F)ccc23)c1)[Ge]([CH3])([CH3])[CH3].[Ir]. The van der Waals surface area contributed by atoms with E-state index in [1.165, 1.54) is 16.8 Å². The van der Waals surface area contributed by atoms with Gasteiger partial charge in [0.2, 0.25) is 0 Å². The van der Waals surface area contributed by atoms with E-state index in [-0.39, 0.29) is 25.9 Å². The smallest absolute Gasteiger partial charge is 0 e. The summed E-state index contributed by atoms with van der Waals surface area (Å²) < 4.78 is 33.9. The quantitative estimate of drug-likeness (QED) is 0.123. The molecule has 0 N–H and O–H groups in total. The number of fused-ring (bicyclic) bond motifs is 3. The van der Waals surface area contributed by atoms with Crippen molar-refractivity contribution in [3.8, 4) is 33.6 Å². The summed E-state index contributed by atoms with van der Waals surface area (Å²) in [6.07, 6.45) is 3.75. The number of nitrogens with zero attached hydrogens (tertiary/aromatic N) is 2. The molecular formula is C42H41FGeIrN2SSi-2. The Bertz CT molecular complexity index is 2320. The van der Waals surface area contributed by atoms with Crippen molar-refractivity contribution in [2.45, 2.75) is 49.0 Å². The molecule has 3 heterocycles. The topological polar surface area (TPSA) is 25.8 Å². The van der Waals surface area contributed by atoms with Crippen LogP contribution in [0.25, 0.3) is 53.8 Å². The Morgan fingerprint density at radius 2 is 1.61 bits per heavy atom. The minimum absolute atomic E-state index is 0. The number of pyridine rings is 2. The summed E-state index contributed by atoms with van der Waals surface area (Å²) in [6, 6.07) is 37.2. The maximum atomic E-state index is 14.3. The third-order valence-corrected chi connectivity index (χ3v) is 13.6. The molecule has 0 saturated heterocycles. The fraction of sp³-hybridized carbons (Fsp3) is 0.190. The molecule has 0 aliphatic rings. The van der Waals surface area contributed by atoms with Crippen LogP contribution in [0.1, 0.15) is 13.9 Å². The summed E-state index contributed by atoms with van der Waals surface area (Å²) >= 11 is -1.01. The molecular weight excluding hydrogens is 876 g/mol. The van der Waals surface area contributed by atoms with Gasteiger partial charge in [-0.3, -0.25) is 0 Å². The van der Waals surface area contributed by atoms with Gasteiger partial charge >= 0.3 is 170 Å². The Morgan fingerprint density at radius 1 is 0.837 bits per heavy atom. The molecule has 49 heavy (non-hydrogen) atoms. The van der Waals surface area contributed by atoms with Crippen LogP contribution >= 0.6 is 11.3 Å². The summed E-state index contributed by atoms with van der Waals surface area (Å²) in [5, 5.41) is 2.34. The molecule has 0 aliphatic heterocycles. The Hall–Kier alpha value is -3.26. The molecule has 1 radical (unpaired) electrons. The molecule has 4 aromatic carbocycles. The van der Waals surface area contributed by atoms with Gasteiger partial charge in [0.1, 0.15) is 0 Å². The van der Waals surface area contributed by atoms with Gasteiger partial charge in [-0.1, -0.05) is 43.4 Å². The van der Waals surface area contributed by atoms with Gasteiger partial charge in [-0.15, -0.1) is 35.9 Å². The minimum atomic E-state index is -2.65. The molecule has 0 amide bonds. The maximum absolute atomic E-state index is 14.3. The van der Waals surface area contributed by atoms with Crippen LogP contribution in [-0.2, 0) is 25.3 Å². The molecule has 0 unspecified atom stereocenters. The molecule has 0 spiro atoms. The predicted octanol–water partition coefficient (Wildman–Crippen LogP) is 11.5. The summed E-state index contributed by atoms with van der Waals surface area (Å²) in [4.78, 5) is 9.16. The third kappa shape index (κ3) is 8.73. The first kappa shape index (κ1) is 34.2. The average Bonchev–Trinajstić information content (AvgIpc) is 3.46. The van der Waals surface area contributed by atoms with Crippen LogP contribution in [0.3, 0.4) is 0 Å². The van der Waals surface area contributed by atoms with Crippen molar-refractivity contribution in [2.75, 3.05) is 0 Å². The molecule has 0 atom stereocenters. The van der Waals surface area contributed by atoms with E-state index in [4.69, 9.17) is 2.74 Å². The normalized spacial score (nSPS) is 12.5. The van der Waals surface area contributed by atoms with Crippen molar-refractivity contribution < 1.29 is 27.2 Å². The Morgan fingerprint density at radius 3 is 2.31 bits per heavy atom. The van der Waals surface area contributed by atoms with Crippen LogP contribution in [0.15, 0.2) is 109 Å². The zero-order chi connectivity index (χ0) is 35.8. The molecule has 2 nitrogen and oxygen atoms in total. The zero-order valence-electron chi connectivity index (χ0n) is 30.9. The van der Waals surface area contributed by atoms with Crippen LogP contribution in [0.5, 0.6) is 0 Å². The van der Waals surface area contributed by atoms with E-state index in [9.17, 15) is 4.39 Å². The van der Waals surface area contributed by atoms with Crippen molar-refractivity contribution in [2.24, 2.45) is 0 Å². The number of rotatable bonds is 6. The van der Waals surface area contributed by atoms with Gasteiger partial charge < -0.3 is 4.98 Å². The van der Waals surface area contributed by atoms with Gasteiger partial charge in [-0.25, -0.2) is 4.39 Å². The molecule has 7 heteroatoms. The predicted molar refractivity (Wildman–Crippen MR) is 210 cm³/mol. The molecule has 7 aromatic rings. The fourth-order valence-corrected chi connectivity index (χ4v) is 11.0. The standard InChI is InChI=1S/C27H23FGeNS.C15H18NSi.Ir/c1-29(2,3)17-18-13-14-30-25(15-18)23-9-6-8-22-21-12-11-19(16-26(21)31-27(22)23)20-7-4-5-10-24(20)28;1-12-10-14(13-8-6-5-7-9-13)16-11-15(12)17(2,3)4;/h4-8,10-16H,17H2,1-3H3;5-8,10-11H,1-4H3;/q2*-1;/i17D2;;.